The van der Waals surface area contributed by atoms with Gasteiger partial charge in [-0.25, -0.2) is 0 Å². The first kappa shape index (κ1) is 49.9. The summed E-state index contributed by atoms with van der Waals surface area (Å²) >= 11 is 0. The molecule has 2 aliphatic carbocycles. The minimum Gasteiger partial charge on any atom is -0.483 e. The highest BCUT2D eigenvalue weighted by molar-refractivity contribution is 5.99. The van der Waals surface area contributed by atoms with Gasteiger partial charge in [0.05, 0.1) is 11.8 Å². The molecule has 356 valence electrons. The number of rotatable bonds is 22. The number of piperazine rings is 1. The summed E-state index contributed by atoms with van der Waals surface area (Å²) in [5.41, 5.74) is 3.19. The fourth-order valence-electron chi connectivity index (χ4n) is 9.68. The van der Waals surface area contributed by atoms with Crippen LogP contribution in [-0.4, -0.2) is 120 Å². The lowest BCUT2D eigenvalue weighted by molar-refractivity contribution is -0.133. The molecular formula is C53H72N6O7. The standard InChI is InChI=1S/C52H70N6O5.CH2O2/c1-3-4-5-6-7-8-9-10-11-12-13-20-29-53-50(61)47-36-57(31-30-56(47)2)51(62)39-25-27-40(28-26-39)52(63)58-34-43(48(59)54-45-32-41(45)37-21-16-14-17-22-37)44(35-58)49(60)55-46-33-42(46)38-23-18-15-19-24-38;2-1-3/h14-19,21-28,41-47H,3-13,20,29-36H2,1-2H3,(H,53,61)(H,54,59)(H,55,60);1H,(H,2,3)/t41-,42-,43-,44-,45+,46+,47?;/m1./s1. The minimum atomic E-state index is -0.687. The molecule has 3 aromatic rings. The summed E-state index contributed by atoms with van der Waals surface area (Å²) in [6, 6.07) is 26.4. The van der Waals surface area contributed by atoms with Crippen molar-refractivity contribution in [3.63, 3.8) is 0 Å². The molecule has 0 spiro atoms. The van der Waals surface area contributed by atoms with Crippen LogP contribution in [0.25, 0.3) is 0 Å². The molecule has 0 bridgehead atoms. The molecule has 7 rings (SSSR count). The van der Waals surface area contributed by atoms with Gasteiger partial charge in [0.2, 0.25) is 17.7 Å². The molecule has 66 heavy (non-hydrogen) atoms. The van der Waals surface area contributed by atoms with Crippen LogP contribution < -0.4 is 16.0 Å². The molecule has 1 unspecified atom stereocenters. The van der Waals surface area contributed by atoms with Crippen molar-refractivity contribution in [1.29, 1.82) is 0 Å². The first-order chi connectivity index (χ1) is 32.1. The first-order valence-corrected chi connectivity index (χ1v) is 24.6. The van der Waals surface area contributed by atoms with E-state index >= 15 is 0 Å². The van der Waals surface area contributed by atoms with Crippen molar-refractivity contribution in [2.45, 2.75) is 127 Å². The quantitative estimate of drug-likeness (QED) is 0.0618. The molecule has 4 N–H and O–H groups in total. The van der Waals surface area contributed by atoms with Gasteiger partial charge in [-0.15, -0.1) is 0 Å². The van der Waals surface area contributed by atoms with Crippen molar-refractivity contribution < 1.29 is 33.9 Å². The van der Waals surface area contributed by atoms with Crippen LogP contribution in [0.2, 0.25) is 0 Å². The normalized spacial score (nSPS) is 23.2. The molecule has 0 radical (unpaired) electrons. The van der Waals surface area contributed by atoms with Crippen LogP contribution in [0.5, 0.6) is 0 Å². The summed E-state index contributed by atoms with van der Waals surface area (Å²) in [5.74, 6) is -1.81. The maximum absolute atomic E-state index is 14.0. The number of nitrogens with one attached hydrogen (secondary N) is 3. The maximum atomic E-state index is 14.0. The highest BCUT2D eigenvalue weighted by atomic mass is 16.3. The number of likely N-dealkylation sites (tertiary alicyclic amines) is 1. The van der Waals surface area contributed by atoms with Gasteiger partial charge in [0.1, 0.15) is 6.04 Å². The summed E-state index contributed by atoms with van der Waals surface area (Å²) < 4.78 is 0. The second-order valence-corrected chi connectivity index (χ2v) is 18.8. The van der Waals surface area contributed by atoms with Crippen LogP contribution in [0, 0.1) is 11.8 Å². The van der Waals surface area contributed by atoms with E-state index < -0.39 is 17.9 Å². The Hall–Kier alpha value is -5.56. The van der Waals surface area contributed by atoms with Crippen LogP contribution in [0.4, 0.5) is 0 Å². The summed E-state index contributed by atoms with van der Waals surface area (Å²) in [5, 5.41) is 16.4. The second kappa shape index (κ2) is 25.4. The minimum absolute atomic E-state index is 0.00151. The number of likely N-dealkylation sites (N-methyl/N-ethyl adjacent to an activating group) is 1. The number of nitrogens with zero attached hydrogens (tertiary/aromatic N) is 3. The molecule has 3 aromatic carbocycles. The van der Waals surface area contributed by atoms with Gasteiger partial charge in [-0.1, -0.05) is 138 Å². The molecule has 2 saturated carbocycles. The van der Waals surface area contributed by atoms with Crippen LogP contribution in [0.1, 0.15) is 140 Å². The highest BCUT2D eigenvalue weighted by Gasteiger charge is 2.49. The van der Waals surface area contributed by atoms with E-state index in [1.165, 1.54) is 75.3 Å². The van der Waals surface area contributed by atoms with Gasteiger partial charge in [-0.05, 0) is 61.7 Å². The van der Waals surface area contributed by atoms with Crippen molar-refractivity contribution in [3.05, 3.63) is 107 Å². The zero-order valence-electron chi connectivity index (χ0n) is 39.1. The molecule has 5 amide bonds. The molecule has 2 saturated heterocycles. The van der Waals surface area contributed by atoms with Crippen molar-refractivity contribution >= 4 is 36.0 Å². The maximum Gasteiger partial charge on any atom is 0.290 e. The first-order valence-electron chi connectivity index (χ1n) is 24.6. The average molecular weight is 905 g/mol. The van der Waals surface area contributed by atoms with E-state index in [9.17, 15) is 24.0 Å². The Balaban J connectivity index is 0.00000234. The van der Waals surface area contributed by atoms with Crippen molar-refractivity contribution in [1.82, 2.24) is 30.7 Å². The number of unbranched alkanes of at least 4 members (excludes halogenated alkanes) is 11. The van der Waals surface area contributed by atoms with Crippen LogP contribution in [-0.2, 0) is 19.2 Å². The molecule has 2 aliphatic heterocycles. The number of amides is 5. The third kappa shape index (κ3) is 14.2. The van der Waals surface area contributed by atoms with Crippen molar-refractivity contribution in [2.75, 3.05) is 46.3 Å². The Bertz CT molecular complexity index is 1960. The molecular weight excluding hydrogens is 833 g/mol. The van der Waals surface area contributed by atoms with Gasteiger partial charge in [0, 0.05) is 74.3 Å². The summed E-state index contributed by atoms with van der Waals surface area (Å²) in [6.07, 6.45) is 16.9. The third-order valence-corrected chi connectivity index (χ3v) is 13.9. The van der Waals surface area contributed by atoms with Crippen LogP contribution >= 0.6 is 0 Å². The van der Waals surface area contributed by atoms with E-state index in [0.717, 1.165) is 25.7 Å². The van der Waals surface area contributed by atoms with E-state index in [1.54, 1.807) is 34.1 Å². The lowest BCUT2D eigenvalue weighted by Gasteiger charge is -2.38. The van der Waals surface area contributed by atoms with Gasteiger partial charge in [0.25, 0.3) is 18.3 Å². The molecule has 2 heterocycles. The Morgan fingerprint density at radius 2 is 1.00 bits per heavy atom. The molecule has 13 heteroatoms. The molecule has 7 atom stereocenters. The molecule has 0 aromatic heterocycles. The monoisotopic (exact) mass is 905 g/mol. The number of hydrogen-bond donors (Lipinski definition) is 4. The predicted molar refractivity (Wildman–Crippen MR) is 256 cm³/mol. The van der Waals surface area contributed by atoms with Crippen LogP contribution in [0.15, 0.2) is 84.9 Å². The fourth-order valence-corrected chi connectivity index (χ4v) is 9.68. The van der Waals surface area contributed by atoms with Crippen molar-refractivity contribution in [3.8, 4) is 0 Å². The van der Waals surface area contributed by atoms with Gasteiger partial charge >= 0.3 is 0 Å². The SMILES string of the molecule is CCCCCCCCCCCCCCNC(=O)C1CN(C(=O)c2ccc(C(=O)N3C[C@@H](C(=O)N[C@H]4C[C@@H]4c4ccccc4)[C@H](C(=O)N[C@H]4C[C@@H]4c4ccccc4)C3)cc2)CCN1C.O=CO. The smallest absolute Gasteiger partial charge is 0.290 e. The summed E-state index contributed by atoms with van der Waals surface area (Å²) in [4.78, 5) is 82.5. The van der Waals surface area contributed by atoms with E-state index in [-0.39, 0.29) is 73.0 Å². The van der Waals surface area contributed by atoms with Gasteiger partial charge in [0.15, 0.2) is 0 Å². The summed E-state index contributed by atoms with van der Waals surface area (Å²) in [7, 11) is 1.93. The second-order valence-electron chi connectivity index (χ2n) is 18.8. The Morgan fingerprint density at radius 3 is 1.45 bits per heavy atom. The zero-order chi connectivity index (χ0) is 46.8. The largest absolute Gasteiger partial charge is 0.483 e. The number of carboxylic acid groups (broad SMARTS) is 1. The molecule has 4 fully saturated rings. The molecule has 4 aliphatic rings. The van der Waals surface area contributed by atoms with Gasteiger partial charge < -0.3 is 30.9 Å². The van der Waals surface area contributed by atoms with E-state index in [4.69, 9.17) is 9.90 Å². The van der Waals surface area contributed by atoms with Gasteiger partial charge in [-0.3, -0.25) is 33.7 Å². The van der Waals surface area contributed by atoms with Gasteiger partial charge in [-0.2, -0.15) is 0 Å². The topological polar surface area (TPSA) is 168 Å². The number of carbonyl (C=O) groups excluding carboxylic acids is 5. The lowest BCUT2D eigenvalue weighted by atomic mass is 9.94. The van der Waals surface area contributed by atoms with E-state index in [1.807, 2.05) is 48.3 Å². The number of benzene rings is 3. The van der Waals surface area contributed by atoms with E-state index in [0.29, 0.717) is 37.3 Å². The average Bonchev–Trinajstić information content (AvgIpc) is 4.25. The Labute approximate surface area is 391 Å². The predicted octanol–water partition coefficient (Wildman–Crippen LogP) is 6.99. The summed E-state index contributed by atoms with van der Waals surface area (Å²) in [6.45, 7) is 4.28. The van der Waals surface area contributed by atoms with E-state index in [2.05, 4.69) is 47.1 Å². The zero-order valence-corrected chi connectivity index (χ0v) is 39.1. The lowest BCUT2D eigenvalue weighted by Crippen LogP contribution is -2.58. The molecule has 13 nitrogen and oxygen atoms in total. The number of carbonyl (C=O) groups is 6. The Morgan fingerprint density at radius 1 is 0.576 bits per heavy atom. The van der Waals surface area contributed by atoms with Crippen molar-refractivity contribution in [2.24, 2.45) is 11.8 Å². The Kier molecular flexibility index (Phi) is 19.2. The fraction of sp³-hybridized carbons (Fsp3) is 0.547. The highest BCUT2D eigenvalue weighted by Crippen LogP contribution is 2.42. The number of hydrogen-bond acceptors (Lipinski definition) is 7. The third-order valence-electron chi connectivity index (χ3n) is 13.9. The van der Waals surface area contributed by atoms with Crippen LogP contribution in [0.3, 0.4) is 0 Å².